The Morgan fingerprint density at radius 1 is 0.963 bits per heavy atom. The highest BCUT2D eigenvalue weighted by molar-refractivity contribution is 6.39. The number of ketones is 2. The maximum atomic E-state index is 14.2. The molecule has 3 heterocycles. The van der Waals surface area contributed by atoms with E-state index in [1.54, 1.807) is 34.3 Å². The SMILES string of the molecule is CC[C@@H]1/C=C(\C)C[C@H](C)C[C@H](OC)[C@H]2O[C@@](O)(C(=O)C(=O)N3CCCC[C@H]3C(=O)O[C@H](/C(C)=C/[C@@H]3CCC[C@H](OC)C3)[C@H](C)/C=C/C1=O)[C@H](C)C[C@@H]2OC. The number of fused-ring (bicyclic) bond motifs is 3. The van der Waals surface area contributed by atoms with Crippen LogP contribution in [0.4, 0.5) is 0 Å². The average Bonchev–Trinajstić information content (AvgIpc) is 3.16. The molecule has 4 aliphatic rings. The van der Waals surface area contributed by atoms with Crippen LogP contribution in [-0.4, -0.2) is 104 Å². The van der Waals surface area contributed by atoms with Crippen molar-refractivity contribution in [2.45, 2.75) is 155 Å². The van der Waals surface area contributed by atoms with Crippen LogP contribution in [0.15, 0.2) is 35.5 Å². The van der Waals surface area contributed by atoms with Crippen LogP contribution in [0.25, 0.3) is 0 Å². The number of cyclic esters (lactones) is 1. The fourth-order valence-electron chi connectivity index (χ4n) is 9.08. The van der Waals surface area contributed by atoms with Crippen molar-refractivity contribution in [1.29, 1.82) is 0 Å². The molecule has 1 saturated carbocycles. The minimum Gasteiger partial charge on any atom is -0.456 e. The second kappa shape index (κ2) is 19.9. The fraction of sp³-hybridized carbons (Fsp3) is 0.767. The zero-order valence-electron chi connectivity index (χ0n) is 34.2. The number of piperidine rings is 1. The highest BCUT2D eigenvalue weighted by Crippen LogP contribution is 2.39. The normalized spacial score (nSPS) is 40.2. The first-order valence-electron chi connectivity index (χ1n) is 20.3. The van der Waals surface area contributed by atoms with Gasteiger partial charge < -0.3 is 33.7 Å². The second-order valence-electron chi connectivity index (χ2n) is 16.5. The third-order valence-electron chi connectivity index (χ3n) is 12.3. The standard InChI is InChI=1S/C43H67NO10/c1-10-32-21-26(2)20-27(3)22-36(51-8)39-37(52-9)24-30(6)43(49,54-39)40(46)41(47)44-19-12-11-16-34(44)42(48)53-38(28(4)17-18-35(32)45)29(5)23-31-14-13-15-33(25-31)50-7/h17-18,21,23,27-28,30-34,36-39,49H,10-16,19-20,22,24-25H2,1-9H3/b18-17+,26-21+,29-23+/t27-,28+,30+,31-,32+,33-,34-,36-,37-,38-,39+,43+/m0/s1. The Balaban J connectivity index is 1.76. The number of rotatable bonds is 6. The monoisotopic (exact) mass is 757 g/mol. The molecule has 304 valence electrons. The third-order valence-corrected chi connectivity index (χ3v) is 12.3. The number of amides is 1. The van der Waals surface area contributed by atoms with Crippen molar-refractivity contribution in [3.05, 3.63) is 35.5 Å². The van der Waals surface area contributed by atoms with E-state index in [9.17, 15) is 24.3 Å². The molecule has 0 spiro atoms. The van der Waals surface area contributed by atoms with Crippen molar-refractivity contribution < 1.29 is 48.0 Å². The predicted octanol–water partition coefficient (Wildman–Crippen LogP) is 6.31. The van der Waals surface area contributed by atoms with Crippen molar-refractivity contribution in [3.8, 4) is 0 Å². The summed E-state index contributed by atoms with van der Waals surface area (Å²) >= 11 is 0. The maximum absolute atomic E-state index is 14.2. The quantitative estimate of drug-likeness (QED) is 0.187. The van der Waals surface area contributed by atoms with Gasteiger partial charge in [-0.15, -0.1) is 0 Å². The highest BCUT2D eigenvalue weighted by Gasteiger charge is 2.56. The summed E-state index contributed by atoms with van der Waals surface area (Å²) in [6.45, 7) is 11.8. The highest BCUT2D eigenvalue weighted by atomic mass is 16.7. The van der Waals surface area contributed by atoms with Crippen molar-refractivity contribution >= 4 is 23.4 Å². The van der Waals surface area contributed by atoms with Gasteiger partial charge in [-0.2, -0.15) is 0 Å². The van der Waals surface area contributed by atoms with E-state index in [2.05, 4.69) is 13.0 Å². The Labute approximate surface area is 323 Å². The Morgan fingerprint density at radius 2 is 1.67 bits per heavy atom. The van der Waals surface area contributed by atoms with Crippen molar-refractivity contribution in [2.75, 3.05) is 27.9 Å². The zero-order chi connectivity index (χ0) is 39.7. The molecular weight excluding hydrogens is 690 g/mol. The molecule has 12 atom stereocenters. The van der Waals surface area contributed by atoms with Crippen molar-refractivity contribution in [3.63, 3.8) is 0 Å². The Bertz CT molecular complexity index is 1410. The Kier molecular flexibility index (Phi) is 16.3. The number of methoxy groups -OCH3 is 3. The summed E-state index contributed by atoms with van der Waals surface area (Å²) in [4.78, 5) is 57.5. The number of ether oxygens (including phenoxy) is 5. The number of allylic oxidation sites excluding steroid dienone is 4. The van der Waals surface area contributed by atoms with Crippen LogP contribution in [0.5, 0.6) is 0 Å². The first kappa shape index (κ1) is 44.0. The van der Waals surface area contributed by atoms with E-state index in [0.29, 0.717) is 38.5 Å². The van der Waals surface area contributed by atoms with Crippen LogP contribution in [-0.2, 0) is 42.9 Å². The Hall–Kier alpha value is -2.70. The molecule has 1 N–H and O–H groups in total. The first-order chi connectivity index (χ1) is 25.7. The summed E-state index contributed by atoms with van der Waals surface area (Å²) in [5.41, 5.74) is 1.92. The number of hydrogen-bond donors (Lipinski definition) is 1. The van der Waals surface area contributed by atoms with E-state index in [-0.39, 0.29) is 48.5 Å². The van der Waals surface area contributed by atoms with E-state index in [4.69, 9.17) is 23.7 Å². The molecule has 11 nitrogen and oxygen atoms in total. The summed E-state index contributed by atoms with van der Waals surface area (Å²) in [7, 11) is 4.84. The van der Waals surface area contributed by atoms with Gasteiger partial charge in [0.05, 0.1) is 18.3 Å². The minimum absolute atomic E-state index is 0.0200. The summed E-state index contributed by atoms with van der Waals surface area (Å²) in [5, 5.41) is 12.0. The molecule has 3 aliphatic heterocycles. The lowest BCUT2D eigenvalue weighted by atomic mass is 9.82. The van der Waals surface area contributed by atoms with Gasteiger partial charge in [-0.25, -0.2) is 4.79 Å². The molecule has 11 heteroatoms. The van der Waals surface area contributed by atoms with Gasteiger partial charge in [-0.3, -0.25) is 14.4 Å². The van der Waals surface area contributed by atoms with E-state index in [0.717, 1.165) is 36.8 Å². The number of esters is 1. The molecule has 4 rings (SSSR count). The number of Topliss-reactive ketones (excluding diaryl/α,β-unsaturated/α-hetero) is 1. The van der Waals surface area contributed by atoms with E-state index in [1.165, 1.54) is 4.90 Å². The maximum Gasteiger partial charge on any atom is 0.329 e. The predicted molar refractivity (Wildman–Crippen MR) is 205 cm³/mol. The average molecular weight is 758 g/mol. The van der Waals surface area contributed by atoms with Gasteiger partial charge in [0.25, 0.3) is 11.7 Å². The Morgan fingerprint density at radius 3 is 2.33 bits per heavy atom. The molecule has 1 amide bonds. The molecule has 54 heavy (non-hydrogen) atoms. The van der Waals surface area contributed by atoms with Crippen LogP contribution in [0.3, 0.4) is 0 Å². The topological polar surface area (TPSA) is 138 Å². The van der Waals surface area contributed by atoms with Gasteiger partial charge in [0.1, 0.15) is 18.2 Å². The van der Waals surface area contributed by atoms with Crippen LogP contribution in [0.1, 0.15) is 112 Å². The molecule has 0 unspecified atom stereocenters. The van der Waals surface area contributed by atoms with Gasteiger partial charge in [0.2, 0.25) is 5.79 Å². The molecule has 0 aromatic carbocycles. The van der Waals surface area contributed by atoms with Gasteiger partial charge in [-0.05, 0) is 102 Å². The van der Waals surface area contributed by atoms with Gasteiger partial charge in [-0.1, -0.05) is 57.9 Å². The number of hydrogen-bond acceptors (Lipinski definition) is 10. The van der Waals surface area contributed by atoms with E-state index < -0.39 is 59.8 Å². The van der Waals surface area contributed by atoms with E-state index >= 15 is 0 Å². The summed E-state index contributed by atoms with van der Waals surface area (Å²) in [5.74, 6) is -6.31. The van der Waals surface area contributed by atoms with Crippen LogP contribution < -0.4 is 0 Å². The molecule has 3 fully saturated rings. The van der Waals surface area contributed by atoms with Crippen LogP contribution in [0.2, 0.25) is 0 Å². The van der Waals surface area contributed by atoms with Crippen molar-refractivity contribution in [1.82, 2.24) is 4.90 Å². The van der Waals surface area contributed by atoms with Gasteiger partial charge in [0, 0.05) is 45.6 Å². The lowest BCUT2D eigenvalue weighted by Crippen LogP contribution is -2.64. The van der Waals surface area contributed by atoms with E-state index in [1.807, 2.05) is 39.8 Å². The molecule has 2 bridgehead atoms. The molecule has 0 aromatic heterocycles. The largest absolute Gasteiger partial charge is 0.456 e. The van der Waals surface area contributed by atoms with Crippen LogP contribution >= 0.6 is 0 Å². The molecule has 0 radical (unpaired) electrons. The van der Waals surface area contributed by atoms with Crippen molar-refractivity contribution in [2.24, 2.45) is 29.6 Å². The minimum atomic E-state index is -2.45. The smallest absolute Gasteiger partial charge is 0.329 e. The molecule has 0 aromatic rings. The second-order valence-corrected chi connectivity index (χ2v) is 16.5. The summed E-state index contributed by atoms with van der Waals surface area (Å²) < 4.78 is 30.0. The number of carbonyl (C=O) groups is 4. The molecular formula is C43H67NO10. The number of carbonyl (C=O) groups excluding carboxylic acids is 4. The number of aliphatic hydroxyl groups is 1. The third kappa shape index (κ3) is 10.6. The van der Waals surface area contributed by atoms with Gasteiger partial charge >= 0.3 is 5.97 Å². The number of nitrogens with zero attached hydrogens (tertiary/aromatic N) is 1. The molecule has 2 saturated heterocycles. The summed E-state index contributed by atoms with van der Waals surface area (Å²) in [6, 6.07) is -1.03. The summed E-state index contributed by atoms with van der Waals surface area (Å²) in [6.07, 6.45) is 12.7. The zero-order valence-corrected chi connectivity index (χ0v) is 34.2. The molecule has 1 aliphatic carbocycles. The van der Waals surface area contributed by atoms with Crippen LogP contribution in [0, 0.1) is 29.6 Å². The first-order valence-corrected chi connectivity index (χ1v) is 20.3. The lowest BCUT2D eigenvalue weighted by Gasteiger charge is -2.47. The fourth-order valence-corrected chi connectivity index (χ4v) is 9.08. The lowest BCUT2D eigenvalue weighted by molar-refractivity contribution is -0.302. The van der Waals surface area contributed by atoms with Gasteiger partial charge in [0.15, 0.2) is 5.78 Å².